The Hall–Kier alpha value is -4.46. The van der Waals surface area contributed by atoms with Crippen molar-refractivity contribution in [3.05, 3.63) is 63.4 Å². The van der Waals surface area contributed by atoms with Crippen LogP contribution in [0.3, 0.4) is 0 Å². The van der Waals surface area contributed by atoms with E-state index in [2.05, 4.69) is 32.1 Å². The Labute approximate surface area is 193 Å². The number of anilines is 1. The predicted octanol–water partition coefficient (Wildman–Crippen LogP) is 2.62. The number of hydrogen-bond acceptors (Lipinski definition) is 7. The topological polar surface area (TPSA) is 139 Å². The van der Waals surface area contributed by atoms with Crippen molar-refractivity contribution < 1.29 is 9.59 Å². The van der Waals surface area contributed by atoms with E-state index in [9.17, 15) is 9.59 Å². The molecule has 1 fully saturated rings. The molecular formula is C23H17N7O2S. The third-order valence-electron chi connectivity index (χ3n) is 5.13. The summed E-state index contributed by atoms with van der Waals surface area (Å²) in [4.78, 5) is 37.5. The molecule has 2 N–H and O–H groups in total. The van der Waals surface area contributed by atoms with Crippen LogP contribution in [0.1, 0.15) is 51.2 Å². The highest BCUT2D eigenvalue weighted by Gasteiger charge is 2.26. The Bertz CT molecular complexity index is 1300. The van der Waals surface area contributed by atoms with Crippen molar-refractivity contribution in [1.29, 1.82) is 10.5 Å². The molecule has 1 saturated heterocycles. The van der Waals surface area contributed by atoms with Crippen LogP contribution in [0.5, 0.6) is 0 Å². The summed E-state index contributed by atoms with van der Waals surface area (Å²) in [7, 11) is 0. The van der Waals surface area contributed by atoms with E-state index in [-0.39, 0.29) is 34.9 Å². The van der Waals surface area contributed by atoms with Crippen molar-refractivity contribution >= 4 is 29.1 Å². The molecule has 1 aromatic carbocycles. The van der Waals surface area contributed by atoms with E-state index in [4.69, 9.17) is 10.5 Å². The number of imidazole rings is 1. The lowest BCUT2D eigenvalue weighted by Gasteiger charge is -2.29. The van der Waals surface area contributed by atoms with Crippen molar-refractivity contribution in [1.82, 2.24) is 19.9 Å². The highest BCUT2D eigenvalue weighted by Crippen LogP contribution is 2.30. The molecule has 0 saturated carbocycles. The van der Waals surface area contributed by atoms with Gasteiger partial charge < -0.3 is 9.88 Å². The third-order valence-corrected chi connectivity index (χ3v) is 6.13. The molecule has 1 aliphatic rings. The summed E-state index contributed by atoms with van der Waals surface area (Å²) < 4.78 is 0. The molecule has 0 aliphatic carbocycles. The number of nitriles is 2. The summed E-state index contributed by atoms with van der Waals surface area (Å²) in [6.45, 7) is 1.16. The lowest BCUT2D eigenvalue weighted by molar-refractivity contribution is -0.126. The fraction of sp³-hybridized carbons (Fsp3) is 0.217. The summed E-state index contributed by atoms with van der Waals surface area (Å²) >= 11 is 1.39. The zero-order valence-electron chi connectivity index (χ0n) is 17.3. The van der Waals surface area contributed by atoms with Crippen LogP contribution in [0.2, 0.25) is 0 Å². The van der Waals surface area contributed by atoms with Gasteiger partial charge in [-0.3, -0.25) is 14.9 Å². The number of aromatic amines is 1. The van der Waals surface area contributed by atoms with Crippen LogP contribution in [0, 0.1) is 34.5 Å². The molecule has 0 unspecified atom stereocenters. The van der Waals surface area contributed by atoms with E-state index in [1.165, 1.54) is 11.3 Å². The van der Waals surface area contributed by atoms with Crippen molar-refractivity contribution in [3.8, 4) is 24.0 Å². The highest BCUT2D eigenvalue weighted by molar-refractivity contribution is 7.10. The normalized spacial score (nSPS) is 13.3. The first-order valence-corrected chi connectivity index (χ1v) is 11.0. The van der Waals surface area contributed by atoms with Gasteiger partial charge in [-0.1, -0.05) is 24.1 Å². The molecule has 2 aromatic heterocycles. The summed E-state index contributed by atoms with van der Waals surface area (Å²) in [6.07, 6.45) is 1.48. The number of nitrogens with zero attached hydrogens (tertiary/aromatic N) is 5. The number of carbonyl (C=O) groups is 2. The van der Waals surface area contributed by atoms with Crippen molar-refractivity contribution in [2.75, 3.05) is 18.4 Å². The van der Waals surface area contributed by atoms with Crippen LogP contribution in [0.4, 0.5) is 5.95 Å². The van der Waals surface area contributed by atoms with E-state index in [1.807, 2.05) is 36.4 Å². The van der Waals surface area contributed by atoms with Crippen LogP contribution < -0.4 is 5.32 Å². The number of H-pyrrole nitrogens is 1. The molecule has 9 nitrogen and oxygen atoms in total. The van der Waals surface area contributed by atoms with Crippen LogP contribution in [-0.2, 0) is 4.79 Å². The fourth-order valence-corrected chi connectivity index (χ4v) is 4.37. The second-order valence-electron chi connectivity index (χ2n) is 7.24. The molecule has 3 aromatic rings. The number of thiazole rings is 1. The maximum absolute atomic E-state index is 12.5. The third kappa shape index (κ3) is 5.07. The molecule has 4 rings (SSSR count). The van der Waals surface area contributed by atoms with Gasteiger partial charge in [-0.15, -0.1) is 11.3 Å². The van der Waals surface area contributed by atoms with E-state index in [1.54, 1.807) is 16.3 Å². The smallest absolute Gasteiger partial charge is 0.298 e. The lowest BCUT2D eigenvalue weighted by Crippen LogP contribution is -2.37. The number of hydrogen-bond donors (Lipinski definition) is 2. The van der Waals surface area contributed by atoms with Crippen LogP contribution in [0.25, 0.3) is 0 Å². The molecule has 2 amide bonds. The van der Waals surface area contributed by atoms with Gasteiger partial charge in [-0.05, 0) is 25.0 Å². The van der Waals surface area contributed by atoms with Crippen molar-refractivity contribution in [2.45, 2.75) is 18.8 Å². The van der Waals surface area contributed by atoms with E-state index in [0.29, 0.717) is 13.1 Å². The zero-order chi connectivity index (χ0) is 23.2. The van der Waals surface area contributed by atoms with Crippen LogP contribution >= 0.6 is 11.3 Å². The van der Waals surface area contributed by atoms with Crippen LogP contribution in [-0.4, -0.2) is 44.8 Å². The van der Waals surface area contributed by atoms with Crippen molar-refractivity contribution in [3.63, 3.8) is 0 Å². The zero-order valence-corrected chi connectivity index (χ0v) is 18.1. The minimum Gasteiger partial charge on any atom is -0.332 e. The Morgan fingerprint density at radius 1 is 1.12 bits per heavy atom. The van der Waals surface area contributed by atoms with E-state index < -0.39 is 5.91 Å². The second kappa shape index (κ2) is 9.78. The molecule has 0 atom stereocenters. The molecule has 10 heteroatoms. The largest absolute Gasteiger partial charge is 0.332 e. The number of likely N-dealkylation sites (tertiary alicyclic amines) is 1. The van der Waals surface area contributed by atoms with Gasteiger partial charge in [0.2, 0.25) is 5.95 Å². The van der Waals surface area contributed by atoms with Gasteiger partial charge in [-0.2, -0.15) is 10.5 Å². The number of rotatable bonds is 3. The number of piperidine rings is 1. The maximum atomic E-state index is 12.5. The summed E-state index contributed by atoms with van der Waals surface area (Å²) in [6, 6.07) is 13.0. The maximum Gasteiger partial charge on any atom is 0.298 e. The first-order chi connectivity index (χ1) is 16.1. The molecule has 0 radical (unpaired) electrons. The Kier molecular flexibility index (Phi) is 6.45. The summed E-state index contributed by atoms with van der Waals surface area (Å²) in [5.41, 5.74) is 0.940. The minimum atomic E-state index is -0.482. The van der Waals surface area contributed by atoms with E-state index >= 15 is 0 Å². The number of nitrogens with one attached hydrogen (secondary N) is 2. The van der Waals surface area contributed by atoms with Crippen molar-refractivity contribution in [2.24, 2.45) is 0 Å². The minimum absolute atomic E-state index is 0.0125. The van der Waals surface area contributed by atoms with Gasteiger partial charge in [0, 0.05) is 35.9 Å². The van der Waals surface area contributed by atoms with Crippen LogP contribution in [0.15, 0.2) is 35.7 Å². The van der Waals surface area contributed by atoms with E-state index in [0.717, 1.165) is 23.4 Å². The fourth-order valence-electron chi connectivity index (χ4n) is 3.40. The second-order valence-corrected chi connectivity index (χ2v) is 8.13. The van der Waals surface area contributed by atoms with Gasteiger partial charge in [0.1, 0.15) is 17.8 Å². The standard InChI is InChI=1S/C23H17N7O2S/c24-12-17-18(13-25)28-23(27-17)29-21(32)19-14-33-22(26-19)16-8-10-30(11-9-16)20(31)7-6-15-4-2-1-3-5-15/h1-5,14,16H,8-11H2,(H2,27,28,29,32). The highest BCUT2D eigenvalue weighted by atomic mass is 32.1. The summed E-state index contributed by atoms with van der Waals surface area (Å²) in [5.74, 6) is 5.10. The number of amides is 2. The average molecular weight is 456 g/mol. The molecule has 162 valence electrons. The summed E-state index contributed by atoms with van der Waals surface area (Å²) in [5, 5.41) is 22.9. The molecular weight excluding hydrogens is 438 g/mol. The number of aromatic nitrogens is 3. The Morgan fingerprint density at radius 3 is 2.55 bits per heavy atom. The number of benzene rings is 1. The molecule has 1 aliphatic heterocycles. The quantitative estimate of drug-likeness (QED) is 0.582. The average Bonchev–Trinajstić information content (AvgIpc) is 3.50. The first-order valence-electron chi connectivity index (χ1n) is 10.1. The Balaban J connectivity index is 1.33. The predicted molar refractivity (Wildman–Crippen MR) is 120 cm³/mol. The van der Waals surface area contributed by atoms with Gasteiger partial charge in [0.25, 0.3) is 11.8 Å². The monoisotopic (exact) mass is 455 g/mol. The molecule has 0 spiro atoms. The Morgan fingerprint density at radius 2 is 1.88 bits per heavy atom. The molecule has 33 heavy (non-hydrogen) atoms. The molecule has 3 heterocycles. The molecule has 0 bridgehead atoms. The van der Waals surface area contributed by atoms with Gasteiger partial charge >= 0.3 is 0 Å². The lowest BCUT2D eigenvalue weighted by atomic mass is 9.97. The number of carbonyl (C=O) groups excluding carboxylic acids is 2. The van der Waals surface area contributed by atoms with Gasteiger partial charge in [0.05, 0.1) is 5.01 Å². The van der Waals surface area contributed by atoms with Gasteiger partial charge in [0.15, 0.2) is 11.4 Å². The van der Waals surface area contributed by atoms with Gasteiger partial charge in [-0.25, -0.2) is 9.97 Å². The SMILES string of the molecule is N#Cc1nc(NC(=O)c2csc(C3CCN(C(=O)C#Cc4ccccc4)CC3)n2)[nH]c1C#N. The first kappa shape index (κ1) is 21.8.